The molecule has 0 bridgehead atoms. The molecule has 84 valence electrons. The van der Waals surface area contributed by atoms with Crippen molar-refractivity contribution in [3.8, 4) is 0 Å². The van der Waals surface area contributed by atoms with Crippen LogP contribution in [0.5, 0.6) is 0 Å². The van der Waals surface area contributed by atoms with Gasteiger partial charge in [-0.3, -0.25) is 0 Å². The number of hydrogen-bond acceptors (Lipinski definition) is 3. The lowest BCUT2D eigenvalue weighted by molar-refractivity contribution is 0.174. The summed E-state index contributed by atoms with van der Waals surface area (Å²) in [5.74, 6) is 0.594. The summed E-state index contributed by atoms with van der Waals surface area (Å²) < 4.78 is 7.60. The average molecular weight is 209 g/mol. The van der Waals surface area contributed by atoms with Gasteiger partial charge in [0.1, 0.15) is 0 Å². The van der Waals surface area contributed by atoms with Crippen LogP contribution < -0.4 is 5.73 Å². The Morgan fingerprint density at radius 1 is 1.60 bits per heavy atom. The third kappa shape index (κ3) is 2.06. The van der Waals surface area contributed by atoms with Gasteiger partial charge in [-0.25, -0.2) is 4.98 Å². The lowest BCUT2D eigenvalue weighted by Crippen LogP contribution is -2.20. The molecule has 0 spiro atoms. The highest BCUT2D eigenvalue weighted by Gasteiger charge is 2.25. The van der Waals surface area contributed by atoms with Crippen LogP contribution in [0.2, 0.25) is 0 Å². The highest BCUT2D eigenvalue weighted by atomic mass is 16.5. The lowest BCUT2D eigenvalue weighted by atomic mass is 10.00. The predicted octanol–water partition coefficient (Wildman–Crippen LogP) is 1.50. The molecule has 3 atom stereocenters. The van der Waals surface area contributed by atoms with Crippen LogP contribution in [0.1, 0.15) is 38.0 Å². The molecule has 0 aromatic carbocycles. The van der Waals surface area contributed by atoms with Crippen molar-refractivity contribution in [1.82, 2.24) is 9.55 Å². The molecule has 0 radical (unpaired) electrons. The van der Waals surface area contributed by atoms with E-state index in [-0.39, 0.29) is 6.04 Å². The maximum absolute atomic E-state index is 5.90. The zero-order valence-corrected chi connectivity index (χ0v) is 9.39. The number of ether oxygens (including phenoxy) is 1. The van der Waals surface area contributed by atoms with E-state index in [1.165, 1.54) is 0 Å². The maximum atomic E-state index is 5.90. The van der Waals surface area contributed by atoms with E-state index in [1.54, 1.807) is 0 Å². The molecule has 4 heteroatoms. The molecular formula is C11H19N3O. The number of hydrogen-bond donors (Lipinski definition) is 1. The maximum Gasteiger partial charge on any atom is 0.0951 e. The molecule has 2 rings (SSSR count). The molecule has 0 saturated carbocycles. The Bertz CT molecular complexity index is 315. The topological polar surface area (TPSA) is 53.1 Å². The van der Waals surface area contributed by atoms with Gasteiger partial charge >= 0.3 is 0 Å². The second kappa shape index (κ2) is 4.33. The van der Waals surface area contributed by atoms with Crippen molar-refractivity contribution < 1.29 is 4.74 Å². The van der Waals surface area contributed by atoms with Crippen molar-refractivity contribution >= 4 is 0 Å². The number of imidazole rings is 1. The smallest absolute Gasteiger partial charge is 0.0951 e. The summed E-state index contributed by atoms with van der Waals surface area (Å²) in [6.07, 6.45) is 4.87. The highest BCUT2D eigenvalue weighted by molar-refractivity contribution is 5.05. The molecule has 1 aromatic heterocycles. The van der Waals surface area contributed by atoms with Gasteiger partial charge in [0.2, 0.25) is 0 Å². The van der Waals surface area contributed by atoms with Crippen LogP contribution in [-0.2, 0) is 4.74 Å². The number of nitrogens with zero attached hydrogens (tertiary/aromatic N) is 2. The molecule has 1 aromatic rings. The van der Waals surface area contributed by atoms with Crippen LogP contribution in [0, 0.1) is 5.92 Å². The normalized spacial score (nSPS) is 25.4. The van der Waals surface area contributed by atoms with Crippen molar-refractivity contribution in [2.45, 2.75) is 32.4 Å². The van der Waals surface area contributed by atoms with Gasteiger partial charge in [0, 0.05) is 30.8 Å². The summed E-state index contributed by atoms with van der Waals surface area (Å²) in [6.45, 7) is 5.95. The molecular weight excluding hydrogens is 190 g/mol. The monoisotopic (exact) mass is 209 g/mol. The van der Waals surface area contributed by atoms with E-state index in [0.29, 0.717) is 12.0 Å². The molecule has 1 aliphatic heterocycles. The molecule has 1 aliphatic rings. The first-order valence-corrected chi connectivity index (χ1v) is 5.55. The molecule has 1 fully saturated rings. The van der Waals surface area contributed by atoms with Gasteiger partial charge in [-0.2, -0.15) is 0 Å². The van der Waals surface area contributed by atoms with Crippen molar-refractivity contribution in [2.24, 2.45) is 11.7 Å². The molecule has 0 amide bonds. The van der Waals surface area contributed by atoms with Crippen LogP contribution in [0.4, 0.5) is 0 Å². The van der Waals surface area contributed by atoms with E-state index in [4.69, 9.17) is 10.5 Å². The summed E-state index contributed by atoms with van der Waals surface area (Å²) in [5, 5.41) is 0. The van der Waals surface area contributed by atoms with E-state index < -0.39 is 0 Å². The summed E-state index contributed by atoms with van der Waals surface area (Å²) in [7, 11) is 0. The quantitative estimate of drug-likeness (QED) is 0.820. The van der Waals surface area contributed by atoms with E-state index in [1.807, 2.05) is 19.4 Å². The zero-order chi connectivity index (χ0) is 10.8. The Balaban J connectivity index is 2.16. The first kappa shape index (κ1) is 10.6. The number of aromatic nitrogens is 2. The fourth-order valence-corrected chi connectivity index (χ4v) is 2.17. The molecule has 2 N–H and O–H groups in total. The van der Waals surface area contributed by atoms with Crippen LogP contribution in [0.15, 0.2) is 12.5 Å². The molecule has 1 saturated heterocycles. The van der Waals surface area contributed by atoms with Gasteiger partial charge in [-0.05, 0) is 20.3 Å². The Hall–Kier alpha value is -0.870. The minimum atomic E-state index is 0.0391. The van der Waals surface area contributed by atoms with Crippen LogP contribution >= 0.6 is 0 Å². The molecule has 2 heterocycles. The van der Waals surface area contributed by atoms with Crippen molar-refractivity contribution in [3.05, 3.63) is 18.2 Å². The van der Waals surface area contributed by atoms with Crippen molar-refractivity contribution in [3.63, 3.8) is 0 Å². The van der Waals surface area contributed by atoms with Gasteiger partial charge in [-0.1, -0.05) is 0 Å². The molecule has 15 heavy (non-hydrogen) atoms. The summed E-state index contributed by atoms with van der Waals surface area (Å²) in [5.41, 5.74) is 7.01. The van der Waals surface area contributed by atoms with Crippen LogP contribution in [0.3, 0.4) is 0 Å². The summed E-state index contributed by atoms with van der Waals surface area (Å²) >= 11 is 0. The fraction of sp³-hybridized carbons (Fsp3) is 0.727. The third-order valence-corrected chi connectivity index (χ3v) is 3.25. The number of nitrogens with two attached hydrogens (primary N) is 1. The van der Waals surface area contributed by atoms with E-state index in [0.717, 1.165) is 25.3 Å². The molecule has 2 unspecified atom stereocenters. The van der Waals surface area contributed by atoms with E-state index in [9.17, 15) is 0 Å². The Kier molecular flexibility index (Phi) is 3.07. The Labute approximate surface area is 90.4 Å². The fourth-order valence-electron chi connectivity index (χ4n) is 2.17. The first-order valence-electron chi connectivity index (χ1n) is 5.55. The molecule has 4 nitrogen and oxygen atoms in total. The summed E-state index contributed by atoms with van der Waals surface area (Å²) in [4.78, 5) is 4.18. The number of rotatable bonds is 3. The van der Waals surface area contributed by atoms with Crippen molar-refractivity contribution in [2.75, 3.05) is 13.2 Å². The van der Waals surface area contributed by atoms with Crippen molar-refractivity contribution in [1.29, 1.82) is 0 Å². The largest absolute Gasteiger partial charge is 0.381 e. The second-order valence-corrected chi connectivity index (χ2v) is 4.38. The van der Waals surface area contributed by atoms with Gasteiger partial charge < -0.3 is 15.0 Å². The van der Waals surface area contributed by atoms with Gasteiger partial charge in [0.15, 0.2) is 0 Å². The Morgan fingerprint density at radius 3 is 3.00 bits per heavy atom. The van der Waals surface area contributed by atoms with E-state index in [2.05, 4.69) is 16.5 Å². The van der Waals surface area contributed by atoms with E-state index >= 15 is 0 Å². The minimum Gasteiger partial charge on any atom is -0.381 e. The van der Waals surface area contributed by atoms with Crippen LogP contribution in [0.25, 0.3) is 0 Å². The van der Waals surface area contributed by atoms with Gasteiger partial charge in [-0.15, -0.1) is 0 Å². The standard InChI is InChI=1S/C11H19N3O/c1-8(12)11-5-13-7-14(11)9(2)10-3-4-15-6-10/h5,7-10H,3-4,6,12H2,1-2H3/t8-,9?,10?/m0/s1. The lowest BCUT2D eigenvalue weighted by Gasteiger charge is -2.22. The second-order valence-electron chi connectivity index (χ2n) is 4.38. The average Bonchev–Trinajstić information content (AvgIpc) is 2.88. The van der Waals surface area contributed by atoms with Crippen LogP contribution in [-0.4, -0.2) is 22.8 Å². The van der Waals surface area contributed by atoms with Gasteiger partial charge in [0.05, 0.1) is 18.6 Å². The molecule has 0 aliphatic carbocycles. The SMILES string of the molecule is CC(C1CCOC1)n1cncc1[C@H](C)N. The Morgan fingerprint density at radius 2 is 2.40 bits per heavy atom. The highest BCUT2D eigenvalue weighted by Crippen LogP contribution is 2.28. The third-order valence-electron chi connectivity index (χ3n) is 3.25. The minimum absolute atomic E-state index is 0.0391. The van der Waals surface area contributed by atoms with Gasteiger partial charge in [0.25, 0.3) is 0 Å². The zero-order valence-electron chi connectivity index (χ0n) is 9.39. The predicted molar refractivity (Wildman–Crippen MR) is 58.5 cm³/mol. The first-order chi connectivity index (χ1) is 7.20. The summed E-state index contributed by atoms with van der Waals surface area (Å²) in [6, 6.07) is 0.466.